The Bertz CT molecular complexity index is 1260. The summed E-state index contributed by atoms with van der Waals surface area (Å²) in [6, 6.07) is 12.7. The van der Waals surface area contributed by atoms with Crippen molar-refractivity contribution in [3.63, 3.8) is 0 Å². The number of nitrogens with one attached hydrogen (secondary N) is 1. The van der Waals surface area contributed by atoms with E-state index in [-0.39, 0.29) is 23.3 Å². The standard InChI is InChI=1S/C24H23ClN4O3/c25-20-8-5-15(14-21-17-3-1-2-4-18(17)22(30)27-26-21)13-19(20)24(32)29-11-9-28(10-12-29)23(31)16-6-7-16/h1-5,8,13,16H,6-7,9-12,14H2,(H,27,30). The van der Waals surface area contributed by atoms with Gasteiger partial charge >= 0.3 is 0 Å². The molecule has 5 rings (SSSR count). The highest BCUT2D eigenvalue weighted by Gasteiger charge is 2.35. The van der Waals surface area contributed by atoms with Gasteiger partial charge in [-0.1, -0.05) is 35.9 Å². The first kappa shape index (κ1) is 20.7. The van der Waals surface area contributed by atoms with Crippen molar-refractivity contribution in [1.82, 2.24) is 20.0 Å². The molecule has 0 bridgehead atoms. The molecule has 2 heterocycles. The number of carbonyl (C=O) groups excluding carboxylic acids is 2. The molecular formula is C24H23ClN4O3. The van der Waals surface area contributed by atoms with Crippen LogP contribution in [0.1, 0.15) is 34.5 Å². The fourth-order valence-electron chi connectivity index (χ4n) is 4.23. The molecule has 2 aliphatic rings. The van der Waals surface area contributed by atoms with Gasteiger partial charge in [-0.15, -0.1) is 0 Å². The van der Waals surface area contributed by atoms with Crippen molar-refractivity contribution in [2.24, 2.45) is 5.92 Å². The van der Waals surface area contributed by atoms with E-state index in [0.29, 0.717) is 48.6 Å². The summed E-state index contributed by atoms with van der Waals surface area (Å²) in [6.07, 6.45) is 2.43. The third-order valence-electron chi connectivity index (χ3n) is 6.21. The van der Waals surface area contributed by atoms with Gasteiger partial charge in [0.15, 0.2) is 0 Å². The summed E-state index contributed by atoms with van der Waals surface area (Å²) in [7, 11) is 0. The van der Waals surface area contributed by atoms with Crippen LogP contribution in [-0.4, -0.2) is 58.0 Å². The van der Waals surface area contributed by atoms with Gasteiger partial charge in [-0.3, -0.25) is 14.4 Å². The van der Waals surface area contributed by atoms with Crippen molar-refractivity contribution in [2.75, 3.05) is 26.2 Å². The highest BCUT2D eigenvalue weighted by Crippen LogP contribution is 2.31. The summed E-state index contributed by atoms with van der Waals surface area (Å²) in [5, 5.41) is 8.55. The molecule has 2 aromatic carbocycles. The first-order valence-electron chi connectivity index (χ1n) is 10.8. The van der Waals surface area contributed by atoms with E-state index in [1.165, 1.54) is 0 Å². The Balaban J connectivity index is 1.34. The molecule has 0 radical (unpaired) electrons. The number of carbonyl (C=O) groups is 2. The maximum Gasteiger partial charge on any atom is 0.272 e. The van der Waals surface area contributed by atoms with Crippen LogP contribution in [0, 0.1) is 5.92 Å². The van der Waals surface area contributed by atoms with E-state index in [0.717, 1.165) is 29.5 Å². The van der Waals surface area contributed by atoms with Gasteiger partial charge in [0, 0.05) is 43.9 Å². The zero-order valence-electron chi connectivity index (χ0n) is 17.5. The maximum atomic E-state index is 13.2. The smallest absolute Gasteiger partial charge is 0.272 e. The topological polar surface area (TPSA) is 86.4 Å². The SMILES string of the molecule is O=C(c1cc(Cc2n[nH]c(=O)c3ccccc23)ccc1Cl)N1CCN(C(=O)C2CC2)CC1. The van der Waals surface area contributed by atoms with E-state index >= 15 is 0 Å². The van der Waals surface area contributed by atoms with Crippen LogP contribution in [-0.2, 0) is 11.2 Å². The summed E-state index contributed by atoms with van der Waals surface area (Å²) in [5.74, 6) is 0.286. The van der Waals surface area contributed by atoms with Crippen molar-refractivity contribution < 1.29 is 9.59 Å². The maximum absolute atomic E-state index is 13.2. The van der Waals surface area contributed by atoms with Crippen molar-refractivity contribution >= 4 is 34.2 Å². The molecule has 32 heavy (non-hydrogen) atoms. The lowest BCUT2D eigenvalue weighted by molar-refractivity contribution is -0.134. The van der Waals surface area contributed by atoms with Crippen LogP contribution in [0.25, 0.3) is 10.8 Å². The number of H-pyrrole nitrogens is 1. The van der Waals surface area contributed by atoms with Gasteiger partial charge < -0.3 is 9.80 Å². The van der Waals surface area contributed by atoms with E-state index in [4.69, 9.17) is 11.6 Å². The van der Waals surface area contributed by atoms with Gasteiger partial charge in [-0.2, -0.15) is 5.10 Å². The first-order valence-corrected chi connectivity index (χ1v) is 11.2. The zero-order chi connectivity index (χ0) is 22.2. The van der Waals surface area contributed by atoms with Crippen molar-refractivity contribution in [1.29, 1.82) is 0 Å². The fraction of sp³-hybridized carbons (Fsp3) is 0.333. The molecule has 0 atom stereocenters. The number of benzene rings is 2. The number of halogens is 1. The quantitative estimate of drug-likeness (QED) is 0.662. The molecule has 8 heteroatoms. The van der Waals surface area contributed by atoms with Gasteiger partial charge in [-0.25, -0.2) is 5.10 Å². The minimum atomic E-state index is -0.226. The molecule has 1 saturated carbocycles. The molecule has 1 N–H and O–H groups in total. The summed E-state index contributed by atoms with van der Waals surface area (Å²) in [6.45, 7) is 2.13. The number of hydrogen-bond donors (Lipinski definition) is 1. The molecule has 0 spiro atoms. The Morgan fingerprint density at radius 2 is 1.69 bits per heavy atom. The normalized spacial score (nSPS) is 16.4. The highest BCUT2D eigenvalue weighted by molar-refractivity contribution is 6.33. The molecule has 2 amide bonds. The van der Waals surface area contributed by atoms with Crippen LogP contribution in [0.3, 0.4) is 0 Å². The first-order chi connectivity index (χ1) is 15.5. The predicted molar refractivity (Wildman–Crippen MR) is 122 cm³/mol. The largest absolute Gasteiger partial charge is 0.339 e. The number of rotatable bonds is 4. The molecule has 1 aromatic heterocycles. The Morgan fingerprint density at radius 3 is 2.41 bits per heavy atom. The van der Waals surface area contributed by atoms with E-state index in [1.54, 1.807) is 23.1 Å². The van der Waals surface area contributed by atoms with E-state index < -0.39 is 0 Å². The number of aromatic amines is 1. The van der Waals surface area contributed by atoms with Gasteiger partial charge in [-0.05, 0) is 36.6 Å². The number of amides is 2. The second-order valence-corrected chi connectivity index (χ2v) is 8.83. The van der Waals surface area contributed by atoms with Crippen LogP contribution in [0.2, 0.25) is 5.02 Å². The lowest BCUT2D eigenvalue weighted by Gasteiger charge is -2.35. The highest BCUT2D eigenvalue weighted by atomic mass is 35.5. The zero-order valence-corrected chi connectivity index (χ0v) is 18.3. The van der Waals surface area contributed by atoms with Crippen LogP contribution >= 0.6 is 11.6 Å². The van der Waals surface area contributed by atoms with Crippen LogP contribution in [0.5, 0.6) is 0 Å². The Kier molecular flexibility index (Phi) is 5.43. The Hall–Kier alpha value is -3.19. The van der Waals surface area contributed by atoms with E-state index in [2.05, 4.69) is 10.2 Å². The summed E-state index contributed by atoms with van der Waals surface area (Å²) < 4.78 is 0. The van der Waals surface area contributed by atoms with Gasteiger partial charge in [0.25, 0.3) is 11.5 Å². The van der Waals surface area contributed by atoms with Crippen LogP contribution in [0.15, 0.2) is 47.3 Å². The van der Waals surface area contributed by atoms with Crippen LogP contribution in [0.4, 0.5) is 0 Å². The minimum Gasteiger partial charge on any atom is -0.339 e. The molecule has 3 aromatic rings. The van der Waals surface area contributed by atoms with Crippen molar-refractivity contribution in [3.05, 3.63) is 74.7 Å². The minimum absolute atomic E-state index is 0.130. The van der Waals surface area contributed by atoms with Crippen molar-refractivity contribution in [3.8, 4) is 0 Å². The van der Waals surface area contributed by atoms with E-state index in [1.807, 2.05) is 29.2 Å². The van der Waals surface area contributed by atoms with Crippen LogP contribution < -0.4 is 5.56 Å². The Labute approximate surface area is 190 Å². The molecule has 1 saturated heterocycles. The second kappa shape index (κ2) is 8.39. The number of aromatic nitrogens is 2. The summed E-state index contributed by atoms with van der Waals surface area (Å²) in [4.78, 5) is 41.1. The average molecular weight is 451 g/mol. The molecular weight excluding hydrogens is 428 g/mol. The monoisotopic (exact) mass is 450 g/mol. The van der Waals surface area contributed by atoms with Gasteiger partial charge in [0.05, 0.1) is 21.7 Å². The fourth-order valence-corrected chi connectivity index (χ4v) is 4.43. The molecule has 0 unspecified atom stereocenters. The molecule has 1 aliphatic carbocycles. The van der Waals surface area contributed by atoms with Gasteiger partial charge in [0.1, 0.15) is 0 Å². The molecule has 2 fully saturated rings. The third kappa shape index (κ3) is 4.00. The summed E-state index contributed by atoms with van der Waals surface area (Å²) in [5.41, 5.74) is 1.83. The predicted octanol–water partition coefficient (Wildman–Crippen LogP) is 2.86. The molecule has 164 valence electrons. The number of hydrogen-bond acceptors (Lipinski definition) is 4. The second-order valence-electron chi connectivity index (χ2n) is 8.43. The lowest BCUT2D eigenvalue weighted by Crippen LogP contribution is -2.51. The average Bonchev–Trinajstić information content (AvgIpc) is 3.67. The number of fused-ring (bicyclic) bond motifs is 1. The summed E-state index contributed by atoms with van der Waals surface area (Å²) >= 11 is 6.38. The van der Waals surface area contributed by atoms with Gasteiger partial charge in [0.2, 0.25) is 5.91 Å². The lowest BCUT2D eigenvalue weighted by atomic mass is 10.0. The van der Waals surface area contributed by atoms with Crippen molar-refractivity contribution in [2.45, 2.75) is 19.3 Å². The molecule has 7 nitrogen and oxygen atoms in total. The number of nitrogens with zero attached hydrogens (tertiary/aromatic N) is 3. The third-order valence-corrected chi connectivity index (χ3v) is 6.54. The molecule has 1 aliphatic heterocycles. The number of piperazine rings is 1. The van der Waals surface area contributed by atoms with E-state index in [9.17, 15) is 14.4 Å². The Morgan fingerprint density at radius 1 is 1.00 bits per heavy atom.